The van der Waals surface area contributed by atoms with Crippen LogP contribution in [-0.4, -0.2) is 34.5 Å². The topological polar surface area (TPSA) is 59.0 Å². The molecular weight excluding hydrogens is 248 g/mol. The Labute approximate surface area is 112 Å². The van der Waals surface area contributed by atoms with E-state index < -0.39 is 0 Å². The molecule has 0 atom stereocenters. The van der Waals surface area contributed by atoms with Crippen LogP contribution in [0.25, 0.3) is 0 Å². The van der Waals surface area contributed by atoms with Gasteiger partial charge in [0.25, 0.3) is 0 Å². The summed E-state index contributed by atoms with van der Waals surface area (Å²) in [5, 5.41) is 11.7. The third-order valence-corrected chi connectivity index (χ3v) is 4.24. The van der Waals surface area contributed by atoms with Crippen molar-refractivity contribution in [3.63, 3.8) is 0 Å². The number of hydrogen-bond donors (Lipinski definition) is 2. The number of hydrogen-bond acceptors (Lipinski definition) is 4. The highest BCUT2D eigenvalue weighted by atomic mass is 32.2. The van der Waals surface area contributed by atoms with Crippen LogP contribution in [0.5, 0.6) is 0 Å². The monoisotopic (exact) mass is 268 g/mol. The number of rotatable bonds is 6. The van der Waals surface area contributed by atoms with Crippen molar-refractivity contribution in [1.82, 2.24) is 20.4 Å². The summed E-state index contributed by atoms with van der Waals surface area (Å²) in [6.45, 7) is 2.87. The van der Waals surface area contributed by atoms with Crippen LogP contribution in [0.3, 0.4) is 0 Å². The fraction of sp³-hybridized carbons (Fsp3) is 0.667. The standard InChI is InChI=1S/C12H20N4OS/c1-8-10(6-14-9-4-5-9)12(16(3)15-8)18-7-11(17)13-2/h9,14H,4-7H2,1-3H3,(H,13,17). The zero-order chi connectivity index (χ0) is 13.1. The number of nitrogens with zero attached hydrogens (tertiary/aromatic N) is 2. The van der Waals surface area contributed by atoms with Crippen LogP contribution >= 0.6 is 11.8 Å². The number of amides is 1. The number of nitrogens with one attached hydrogen (secondary N) is 2. The first-order chi connectivity index (χ1) is 8.61. The molecule has 0 unspecified atom stereocenters. The maximum atomic E-state index is 11.3. The van der Waals surface area contributed by atoms with Crippen LogP contribution in [-0.2, 0) is 18.4 Å². The van der Waals surface area contributed by atoms with Crippen LogP contribution in [0, 0.1) is 6.92 Å². The lowest BCUT2D eigenvalue weighted by Gasteiger charge is -2.07. The van der Waals surface area contributed by atoms with Crippen LogP contribution in [0.1, 0.15) is 24.1 Å². The zero-order valence-electron chi connectivity index (χ0n) is 11.1. The van der Waals surface area contributed by atoms with E-state index in [9.17, 15) is 4.79 Å². The van der Waals surface area contributed by atoms with E-state index in [0.717, 1.165) is 17.3 Å². The Kier molecular flexibility index (Phi) is 4.29. The second-order valence-electron chi connectivity index (χ2n) is 4.61. The third kappa shape index (κ3) is 3.26. The average molecular weight is 268 g/mol. The summed E-state index contributed by atoms with van der Waals surface area (Å²) in [4.78, 5) is 11.3. The van der Waals surface area contributed by atoms with Crippen LogP contribution in [0.15, 0.2) is 5.03 Å². The number of aryl methyl sites for hydroxylation is 2. The summed E-state index contributed by atoms with van der Waals surface area (Å²) < 4.78 is 1.87. The van der Waals surface area contributed by atoms with Gasteiger partial charge in [0.1, 0.15) is 0 Å². The van der Waals surface area contributed by atoms with Crippen LogP contribution in [0.2, 0.25) is 0 Å². The SMILES string of the molecule is CNC(=O)CSc1c(CNC2CC2)c(C)nn1C. The molecule has 2 N–H and O–H groups in total. The molecule has 1 aliphatic carbocycles. The molecule has 6 heteroatoms. The highest BCUT2D eigenvalue weighted by molar-refractivity contribution is 8.00. The van der Waals surface area contributed by atoms with E-state index in [4.69, 9.17) is 0 Å². The van der Waals surface area contributed by atoms with Crippen molar-refractivity contribution >= 4 is 17.7 Å². The second-order valence-corrected chi connectivity index (χ2v) is 5.57. The molecule has 100 valence electrons. The van der Waals surface area contributed by atoms with Crippen molar-refractivity contribution in [2.24, 2.45) is 7.05 Å². The molecule has 0 aromatic carbocycles. The van der Waals surface area contributed by atoms with Crippen LogP contribution < -0.4 is 10.6 Å². The summed E-state index contributed by atoms with van der Waals surface area (Å²) >= 11 is 1.55. The Bertz CT molecular complexity index is 440. The van der Waals surface area contributed by atoms with Gasteiger partial charge in [-0.1, -0.05) is 11.8 Å². The minimum Gasteiger partial charge on any atom is -0.358 e. The van der Waals surface area contributed by atoms with E-state index in [1.165, 1.54) is 18.4 Å². The molecule has 1 aromatic heterocycles. The Morgan fingerprint density at radius 2 is 2.28 bits per heavy atom. The minimum atomic E-state index is 0.0416. The smallest absolute Gasteiger partial charge is 0.230 e. The molecule has 0 saturated heterocycles. The largest absolute Gasteiger partial charge is 0.358 e. The highest BCUT2D eigenvalue weighted by Gasteiger charge is 2.22. The van der Waals surface area contributed by atoms with Gasteiger partial charge < -0.3 is 10.6 Å². The van der Waals surface area contributed by atoms with Gasteiger partial charge in [-0.2, -0.15) is 5.10 Å². The number of aromatic nitrogens is 2. The van der Waals surface area contributed by atoms with Crippen molar-refractivity contribution in [2.45, 2.75) is 37.4 Å². The molecule has 1 amide bonds. The lowest BCUT2D eigenvalue weighted by atomic mass is 10.2. The predicted molar refractivity (Wildman–Crippen MR) is 72.6 cm³/mol. The van der Waals surface area contributed by atoms with Gasteiger partial charge in [0.2, 0.25) is 5.91 Å². The third-order valence-electron chi connectivity index (χ3n) is 3.05. The van der Waals surface area contributed by atoms with E-state index >= 15 is 0 Å². The molecule has 1 aliphatic rings. The van der Waals surface area contributed by atoms with Gasteiger partial charge in [-0.15, -0.1) is 0 Å². The van der Waals surface area contributed by atoms with E-state index in [2.05, 4.69) is 15.7 Å². The van der Waals surface area contributed by atoms with E-state index in [1.807, 2.05) is 18.7 Å². The fourth-order valence-corrected chi connectivity index (χ4v) is 2.84. The molecule has 1 heterocycles. The van der Waals surface area contributed by atoms with Crippen molar-refractivity contribution in [2.75, 3.05) is 12.8 Å². The van der Waals surface area contributed by atoms with Crippen molar-refractivity contribution in [1.29, 1.82) is 0 Å². The summed E-state index contributed by atoms with van der Waals surface area (Å²) in [5.74, 6) is 0.478. The summed E-state index contributed by atoms with van der Waals surface area (Å²) in [7, 11) is 3.59. The van der Waals surface area contributed by atoms with Gasteiger partial charge in [-0.05, 0) is 19.8 Å². The molecule has 2 rings (SSSR count). The van der Waals surface area contributed by atoms with E-state index in [1.54, 1.807) is 18.8 Å². The first kappa shape index (κ1) is 13.4. The maximum Gasteiger partial charge on any atom is 0.230 e. The molecule has 0 aliphatic heterocycles. The van der Waals surface area contributed by atoms with Gasteiger partial charge >= 0.3 is 0 Å². The normalized spacial score (nSPS) is 14.8. The number of carbonyl (C=O) groups excluding carboxylic acids is 1. The molecule has 0 spiro atoms. The van der Waals surface area contributed by atoms with E-state index in [-0.39, 0.29) is 5.91 Å². The van der Waals surface area contributed by atoms with Gasteiger partial charge in [0.15, 0.2) is 0 Å². The van der Waals surface area contributed by atoms with Gasteiger partial charge in [-0.3, -0.25) is 9.48 Å². The zero-order valence-corrected chi connectivity index (χ0v) is 11.9. The van der Waals surface area contributed by atoms with Crippen molar-refractivity contribution in [3.8, 4) is 0 Å². The molecule has 1 fully saturated rings. The first-order valence-corrected chi connectivity index (χ1v) is 7.19. The molecule has 0 bridgehead atoms. The Morgan fingerprint density at radius 3 is 2.89 bits per heavy atom. The van der Waals surface area contributed by atoms with E-state index in [0.29, 0.717) is 11.8 Å². The van der Waals surface area contributed by atoms with Gasteiger partial charge in [-0.25, -0.2) is 0 Å². The molecule has 0 radical (unpaired) electrons. The second kappa shape index (κ2) is 5.75. The quantitative estimate of drug-likeness (QED) is 0.750. The van der Waals surface area contributed by atoms with Gasteiger partial charge in [0, 0.05) is 32.2 Å². The average Bonchev–Trinajstić information content (AvgIpc) is 3.12. The summed E-state index contributed by atoms with van der Waals surface area (Å²) in [5.41, 5.74) is 2.27. The predicted octanol–water partition coefficient (Wildman–Crippen LogP) is 0.819. The number of thioether (sulfide) groups is 1. The van der Waals surface area contributed by atoms with Gasteiger partial charge in [0.05, 0.1) is 16.5 Å². The van der Waals surface area contributed by atoms with Crippen LogP contribution in [0.4, 0.5) is 0 Å². The minimum absolute atomic E-state index is 0.0416. The highest BCUT2D eigenvalue weighted by Crippen LogP contribution is 2.26. The van der Waals surface area contributed by atoms with Crippen molar-refractivity contribution in [3.05, 3.63) is 11.3 Å². The first-order valence-electron chi connectivity index (χ1n) is 6.21. The maximum absolute atomic E-state index is 11.3. The number of carbonyl (C=O) groups is 1. The summed E-state index contributed by atoms with van der Waals surface area (Å²) in [6, 6.07) is 0.682. The molecule has 5 nitrogen and oxygen atoms in total. The fourth-order valence-electron chi connectivity index (χ4n) is 1.80. The Hall–Kier alpha value is -1.01. The molecule has 18 heavy (non-hydrogen) atoms. The lowest BCUT2D eigenvalue weighted by Crippen LogP contribution is -2.20. The molecular formula is C12H20N4OS. The Balaban J connectivity index is 2.03. The van der Waals surface area contributed by atoms with Crippen molar-refractivity contribution < 1.29 is 4.79 Å². The Morgan fingerprint density at radius 1 is 1.56 bits per heavy atom. The summed E-state index contributed by atoms with van der Waals surface area (Å²) in [6.07, 6.45) is 2.56. The lowest BCUT2D eigenvalue weighted by molar-refractivity contribution is -0.118. The molecule has 1 aromatic rings. The molecule has 1 saturated carbocycles.